The SMILES string of the molecule is O=C(CCC1CCCCC1)N1CCN(Cc2nnnn2-c2ccc(Cl)cc2)CC1. The summed E-state index contributed by atoms with van der Waals surface area (Å²) in [6.07, 6.45) is 8.44. The van der Waals surface area contributed by atoms with E-state index in [1.54, 1.807) is 4.68 Å². The van der Waals surface area contributed by atoms with Crippen LogP contribution in [0.25, 0.3) is 5.69 Å². The summed E-state index contributed by atoms with van der Waals surface area (Å²) in [5.74, 6) is 1.88. The Kier molecular flexibility index (Phi) is 6.77. The van der Waals surface area contributed by atoms with Gasteiger partial charge in [0.05, 0.1) is 12.2 Å². The molecule has 2 fully saturated rings. The summed E-state index contributed by atoms with van der Waals surface area (Å²) in [6.45, 7) is 3.93. The molecule has 1 aromatic heterocycles. The van der Waals surface area contributed by atoms with E-state index in [2.05, 4.69) is 20.4 Å². The van der Waals surface area contributed by atoms with Crippen LogP contribution in [-0.2, 0) is 11.3 Å². The average molecular weight is 417 g/mol. The van der Waals surface area contributed by atoms with Crippen molar-refractivity contribution in [1.29, 1.82) is 0 Å². The summed E-state index contributed by atoms with van der Waals surface area (Å²) in [5, 5.41) is 12.8. The van der Waals surface area contributed by atoms with Crippen molar-refractivity contribution in [2.75, 3.05) is 26.2 Å². The van der Waals surface area contributed by atoms with E-state index in [9.17, 15) is 4.79 Å². The Morgan fingerprint density at radius 2 is 1.76 bits per heavy atom. The van der Waals surface area contributed by atoms with Crippen molar-refractivity contribution in [2.24, 2.45) is 5.92 Å². The monoisotopic (exact) mass is 416 g/mol. The van der Waals surface area contributed by atoms with Crippen molar-refractivity contribution in [3.05, 3.63) is 35.1 Å². The highest BCUT2D eigenvalue weighted by molar-refractivity contribution is 6.30. The summed E-state index contributed by atoms with van der Waals surface area (Å²) in [6, 6.07) is 7.48. The second kappa shape index (κ2) is 9.67. The number of aromatic nitrogens is 4. The number of amides is 1. The zero-order valence-electron chi connectivity index (χ0n) is 16.8. The molecule has 156 valence electrons. The molecule has 1 saturated carbocycles. The van der Waals surface area contributed by atoms with Crippen LogP contribution in [0.5, 0.6) is 0 Å². The van der Waals surface area contributed by atoms with Crippen LogP contribution >= 0.6 is 11.6 Å². The highest BCUT2D eigenvalue weighted by atomic mass is 35.5. The molecule has 0 radical (unpaired) electrons. The lowest BCUT2D eigenvalue weighted by molar-refractivity contribution is -0.133. The number of rotatable bonds is 6. The number of halogens is 1. The van der Waals surface area contributed by atoms with Crippen molar-refractivity contribution in [2.45, 2.75) is 51.5 Å². The smallest absolute Gasteiger partial charge is 0.222 e. The number of nitrogens with zero attached hydrogens (tertiary/aromatic N) is 6. The van der Waals surface area contributed by atoms with E-state index < -0.39 is 0 Å². The topological polar surface area (TPSA) is 67.2 Å². The van der Waals surface area contributed by atoms with Crippen molar-refractivity contribution in [1.82, 2.24) is 30.0 Å². The Bertz CT molecular complexity index is 794. The van der Waals surface area contributed by atoms with Gasteiger partial charge in [-0.05, 0) is 47.0 Å². The van der Waals surface area contributed by atoms with Gasteiger partial charge in [-0.3, -0.25) is 9.69 Å². The van der Waals surface area contributed by atoms with Gasteiger partial charge >= 0.3 is 0 Å². The van der Waals surface area contributed by atoms with Gasteiger partial charge in [-0.1, -0.05) is 43.7 Å². The molecule has 2 aliphatic rings. The summed E-state index contributed by atoms with van der Waals surface area (Å²) >= 11 is 5.97. The van der Waals surface area contributed by atoms with E-state index in [1.165, 1.54) is 32.1 Å². The minimum Gasteiger partial charge on any atom is -0.340 e. The van der Waals surface area contributed by atoms with Gasteiger partial charge in [0.25, 0.3) is 0 Å². The molecule has 1 aliphatic carbocycles. The molecular formula is C21H29ClN6O. The van der Waals surface area contributed by atoms with Gasteiger partial charge in [-0.15, -0.1) is 5.10 Å². The maximum atomic E-state index is 12.6. The molecule has 1 saturated heterocycles. The first-order chi connectivity index (χ1) is 14.2. The molecule has 1 aliphatic heterocycles. The predicted octanol–water partition coefficient (Wildman–Crippen LogP) is 3.32. The summed E-state index contributed by atoms with van der Waals surface area (Å²) in [4.78, 5) is 16.9. The Balaban J connectivity index is 1.25. The molecule has 0 bridgehead atoms. The molecule has 2 heterocycles. The van der Waals surface area contributed by atoms with E-state index in [1.807, 2.05) is 29.2 Å². The van der Waals surface area contributed by atoms with Crippen LogP contribution in [0.2, 0.25) is 5.02 Å². The molecular weight excluding hydrogens is 388 g/mol. The standard InChI is InChI=1S/C21H29ClN6O/c22-18-7-9-19(10-8-18)28-20(23-24-25-28)16-26-12-14-27(15-13-26)21(29)11-6-17-4-2-1-3-5-17/h7-10,17H,1-6,11-16H2. The fraction of sp³-hybridized carbons (Fsp3) is 0.619. The second-order valence-electron chi connectivity index (χ2n) is 8.18. The van der Waals surface area contributed by atoms with Crippen molar-refractivity contribution < 1.29 is 4.79 Å². The van der Waals surface area contributed by atoms with Crippen LogP contribution in [0.4, 0.5) is 0 Å². The van der Waals surface area contributed by atoms with Crippen LogP contribution in [0, 0.1) is 5.92 Å². The lowest BCUT2D eigenvalue weighted by atomic mass is 9.86. The van der Waals surface area contributed by atoms with Gasteiger partial charge in [-0.2, -0.15) is 4.68 Å². The van der Waals surface area contributed by atoms with Gasteiger partial charge in [0.1, 0.15) is 0 Å². The first kappa shape index (κ1) is 20.3. The zero-order valence-corrected chi connectivity index (χ0v) is 17.6. The Hall–Kier alpha value is -1.99. The quantitative estimate of drug-likeness (QED) is 0.722. The molecule has 1 amide bonds. The summed E-state index contributed by atoms with van der Waals surface area (Å²) < 4.78 is 1.75. The minimum absolute atomic E-state index is 0.321. The molecule has 0 N–H and O–H groups in total. The largest absolute Gasteiger partial charge is 0.340 e. The molecule has 4 rings (SSSR count). The van der Waals surface area contributed by atoms with Gasteiger partial charge in [0.2, 0.25) is 5.91 Å². The van der Waals surface area contributed by atoms with Gasteiger partial charge in [0, 0.05) is 37.6 Å². The van der Waals surface area contributed by atoms with E-state index >= 15 is 0 Å². The summed E-state index contributed by atoms with van der Waals surface area (Å²) in [7, 11) is 0. The molecule has 29 heavy (non-hydrogen) atoms. The summed E-state index contributed by atoms with van der Waals surface area (Å²) in [5.41, 5.74) is 0.894. The van der Waals surface area contributed by atoms with Crippen LogP contribution in [0.15, 0.2) is 24.3 Å². The van der Waals surface area contributed by atoms with Gasteiger partial charge in [0.15, 0.2) is 5.82 Å². The third-order valence-corrected chi connectivity index (χ3v) is 6.44. The first-order valence-corrected chi connectivity index (χ1v) is 11.1. The Morgan fingerprint density at radius 1 is 1.03 bits per heavy atom. The fourth-order valence-corrected chi connectivity index (χ4v) is 4.53. The van der Waals surface area contributed by atoms with Gasteiger partial charge < -0.3 is 4.90 Å². The number of tetrazole rings is 1. The Labute approximate surface area is 177 Å². The maximum Gasteiger partial charge on any atom is 0.222 e. The lowest BCUT2D eigenvalue weighted by Gasteiger charge is -2.34. The van der Waals surface area contributed by atoms with Crippen LogP contribution in [0.3, 0.4) is 0 Å². The predicted molar refractivity (Wildman–Crippen MR) is 112 cm³/mol. The van der Waals surface area contributed by atoms with Crippen molar-refractivity contribution in [3.63, 3.8) is 0 Å². The van der Waals surface area contributed by atoms with E-state index in [-0.39, 0.29) is 0 Å². The number of carbonyl (C=O) groups is 1. The second-order valence-corrected chi connectivity index (χ2v) is 8.62. The van der Waals surface area contributed by atoms with Crippen LogP contribution in [-0.4, -0.2) is 62.1 Å². The third kappa shape index (κ3) is 5.34. The van der Waals surface area contributed by atoms with E-state index in [0.29, 0.717) is 23.9 Å². The lowest BCUT2D eigenvalue weighted by Crippen LogP contribution is -2.48. The molecule has 7 nitrogen and oxygen atoms in total. The maximum absolute atomic E-state index is 12.6. The number of hydrogen-bond acceptors (Lipinski definition) is 5. The van der Waals surface area contributed by atoms with Crippen LogP contribution < -0.4 is 0 Å². The van der Waals surface area contributed by atoms with Crippen molar-refractivity contribution >= 4 is 17.5 Å². The highest BCUT2D eigenvalue weighted by Crippen LogP contribution is 2.27. The molecule has 8 heteroatoms. The molecule has 0 atom stereocenters. The average Bonchev–Trinajstić information content (AvgIpc) is 3.22. The Morgan fingerprint density at radius 3 is 2.48 bits per heavy atom. The number of piperazine rings is 1. The molecule has 0 unspecified atom stereocenters. The van der Waals surface area contributed by atoms with E-state index in [4.69, 9.17) is 11.6 Å². The molecule has 1 aromatic carbocycles. The van der Waals surface area contributed by atoms with E-state index in [0.717, 1.165) is 50.0 Å². The van der Waals surface area contributed by atoms with Crippen LogP contribution in [0.1, 0.15) is 50.8 Å². The molecule has 0 spiro atoms. The van der Waals surface area contributed by atoms with Gasteiger partial charge in [-0.25, -0.2) is 0 Å². The number of benzene rings is 1. The molecule has 2 aromatic rings. The normalized spacial score (nSPS) is 18.9. The fourth-order valence-electron chi connectivity index (χ4n) is 4.40. The zero-order chi connectivity index (χ0) is 20.1. The minimum atomic E-state index is 0.321. The number of carbonyl (C=O) groups excluding carboxylic acids is 1. The first-order valence-electron chi connectivity index (χ1n) is 10.7. The number of hydrogen-bond donors (Lipinski definition) is 0. The van der Waals surface area contributed by atoms with Crippen molar-refractivity contribution in [3.8, 4) is 5.69 Å². The third-order valence-electron chi connectivity index (χ3n) is 6.19. The highest BCUT2D eigenvalue weighted by Gasteiger charge is 2.24.